The highest BCUT2D eigenvalue weighted by Crippen LogP contribution is 2.25. The Balaban J connectivity index is 1.89. The first-order valence-corrected chi connectivity index (χ1v) is 8.11. The van der Waals surface area contributed by atoms with Crippen molar-refractivity contribution in [1.29, 1.82) is 0 Å². The summed E-state index contributed by atoms with van der Waals surface area (Å²) in [5.41, 5.74) is 0.841. The number of amides is 1. The first-order chi connectivity index (χ1) is 12.5. The van der Waals surface area contributed by atoms with Crippen LogP contribution in [0.25, 0.3) is 11.4 Å². The number of carbonyl (C=O) groups is 1. The van der Waals surface area contributed by atoms with Crippen LogP contribution in [-0.4, -0.2) is 25.6 Å². The Morgan fingerprint density at radius 2 is 2.12 bits per heavy atom. The number of aryl methyl sites for hydroxylation is 1. The maximum atomic E-state index is 12.5. The second kappa shape index (κ2) is 7.32. The third-order valence-electron chi connectivity index (χ3n) is 3.74. The monoisotopic (exact) mass is 371 g/mol. The molecule has 0 bridgehead atoms. The van der Waals surface area contributed by atoms with Crippen molar-refractivity contribution in [3.8, 4) is 11.4 Å². The van der Waals surface area contributed by atoms with Gasteiger partial charge in [0.1, 0.15) is 11.9 Å². The molecule has 0 saturated carbocycles. The van der Waals surface area contributed by atoms with Crippen molar-refractivity contribution < 1.29 is 9.72 Å². The number of benzene rings is 2. The molecule has 1 amide bonds. The van der Waals surface area contributed by atoms with E-state index < -0.39 is 10.8 Å². The number of halogens is 1. The number of hydrogen-bond acceptors (Lipinski definition) is 5. The molecule has 0 aliphatic carbocycles. The van der Waals surface area contributed by atoms with E-state index in [2.05, 4.69) is 15.5 Å². The molecule has 0 fully saturated rings. The van der Waals surface area contributed by atoms with Crippen molar-refractivity contribution in [2.24, 2.45) is 0 Å². The second-order valence-corrected chi connectivity index (χ2v) is 5.83. The van der Waals surface area contributed by atoms with Gasteiger partial charge in [-0.25, -0.2) is 0 Å². The van der Waals surface area contributed by atoms with Gasteiger partial charge in [-0.05, 0) is 31.2 Å². The molecular weight excluding hydrogens is 358 g/mol. The van der Waals surface area contributed by atoms with E-state index in [0.717, 1.165) is 11.6 Å². The molecule has 0 saturated heterocycles. The third-order valence-corrected chi connectivity index (χ3v) is 3.97. The van der Waals surface area contributed by atoms with Gasteiger partial charge in [-0.2, -0.15) is 0 Å². The first kappa shape index (κ1) is 17.6. The summed E-state index contributed by atoms with van der Waals surface area (Å²) in [4.78, 5) is 23.0. The summed E-state index contributed by atoms with van der Waals surface area (Å²) in [7, 11) is 0. The SMILES string of the molecule is CCn1cnnc1-c1cccc(NC(=O)c2ccc(Cl)cc2[N+](=O)[O-])c1. The smallest absolute Gasteiger partial charge is 0.283 e. The number of nitro benzene ring substituents is 1. The standard InChI is InChI=1S/C17H14ClN5O3/c1-2-22-10-19-21-16(22)11-4-3-5-13(8-11)20-17(24)14-7-6-12(18)9-15(14)23(25)26/h3-10H,2H2,1H3,(H,20,24). The number of anilines is 1. The van der Waals surface area contributed by atoms with Gasteiger partial charge >= 0.3 is 0 Å². The normalized spacial score (nSPS) is 10.5. The van der Waals surface area contributed by atoms with Gasteiger partial charge in [0.25, 0.3) is 11.6 Å². The first-order valence-electron chi connectivity index (χ1n) is 7.73. The van der Waals surface area contributed by atoms with Crippen molar-refractivity contribution >= 4 is 28.9 Å². The molecule has 0 aliphatic heterocycles. The lowest BCUT2D eigenvalue weighted by molar-refractivity contribution is -0.385. The number of nitrogens with zero attached hydrogens (tertiary/aromatic N) is 4. The van der Waals surface area contributed by atoms with Gasteiger partial charge in [0.15, 0.2) is 5.82 Å². The van der Waals surface area contributed by atoms with E-state index in [0.29, 0.717) is 18.1 Å². The van der Waals surface area contributed by atoms with Crippen LogP contribution in [0.3, 0.4) is 0 Å². The molecule has 132 valence electrons. The quantitative estimate of drug-likeness (QED) is 0.543. The summed E-state index contributed by atoms with van der Waals surface area (Å²) in [5, 5.41) is 22.0. The van der Waals surface area contributed by atoms with Crippen molar-refractivity contribution in [2.75, 3.05) is 5.32 Å². The molecule has 3 aromatic rings. The molecule has 1 aromatic heterocycles. The molecule has 0 radical (unpaired) electrons. The lowest BCUT2D eigenvalue weighted by atomic mass is 10.1. The Labute approximate surface area is 153 Å². The summed E-state index contributed by atoms with van der Waals surface area (Å²) in [6, 6.07) is 10.9. The molecule has 9 heteroatoms. The van der Waals surface area contributed by atoms with E-state index in [-0.39, 0.29) is 16.3 Å². The van der Waals surface area contributed by atoms with E-state index in [9.17, 15) is 14.9 Å². The van der Waals surface area contributed by atoms with Crippen LogP contribution < -0.4 is 5.32 Å². The summed E-state index contributed by atoms with van der Waals surface area (Å²) in [6.45, 7) is 2.67. The van der Waals surface area contributed by atoms with Crippen molar-refractivity contribution in [1.82, 2.24) is 14.8 Å². The largest absolute Gasteiger partial charge is 0.322 e. The third kappa shape index (κ3) is 3.55. The fourth-order valence-corrected chi connectivity index (χ4v) is 2.66. The predicted octanol–water partition coefficient (Wildman–Crippen LogP) is 3.78. The van der Waals surface area contributed by atoms with Crippen LogP contribution in [-0.2, 0) is 6.54 Å². The Bertz CT molecular complexity index is 986. The second-order valence-electron chi connectivity index (χ2n) is 5.39. The average molecular weight is 372 g/mol. The van der Waals surface area contributed by atoms with Crippen LogP contribution in [0, 0.1) is 10.1 Å². The highest BCUT2D eigenvalue weighted by Gasteiger charge is 2.21. The van der Waals surface area contributed by atoms with E-state index in [4.69, 9.17) is 11.6 Å². The Morgan fingerprint density at radius 1 is 1.31 bits per heavy atom. The van der Waals surface area contributed by atoms with Crippen LogP contribution in [0.15, 0.2) is 48.8 Å². The van der Waals surface area contributed by atoms with E-state index in [1.54, 1.807) is 24.5 Å². The van der Waals surface area contributed by atoms with Gasteiger partial charge in [-0.1, -0.05) is 23.7 Å². The summed E-state index contributed by atoms with van der Waals surface area (Å²) < 4.78 is 1.87. The van der Waals surface area contributed by atoms with Crippen LogP contribution in [0.2, 0.25) is 5.02 Å². The average Bonchev–Trinajstić information content (AvgIpc) is 3.10. The molecule has 0 aliphatic rings. The molecule has 3 rings (SSSR count). The molecule has 26 heavy (non-hydrogen) atoms. The minimum Gasteiger partial charge on any atom is -0.322 e. The van der Waals surface area contributed by atoms with Gasteiger partial charge < -0.3 is 9.88 Å². The Kier molecular flexibility index (Phi) is 4.94. The van der Waals surface area contributed by atoms with Gasteiger partial charge in [-0.15, -0.1) is 10.2 Å². The molecule has 0 atom stereocenters. The van der Waals surface area contributed by atoms with Crippen molar-refractivity contribution in [3.05, 3.63) is 69.5 Å². The fraction of sp³-hybridized carbons (Fsp3) is 0.118. The summed E-state index contributed by atoms with van der Waals surface area (Å²) in [6.07, 6.45) is 1.62. The molecule has 8 nitrogen and oxygen atoms in total. The highest BCUT2D eigenvalue weighted by molar-refractivity contribution is 6.31. The fourth-order valence-electron chi connectivity index (χ4n) is 2.49. The van der Waals surface area contributed by atoms with E-state index >= 15 is 0 Å². The number of rotatable bonds is 5. The predicted molar refractivity (Wildman–Crippen MR) is 97.2 cm³/mol. The van der Waals surface area contributed by atoms with Crippen LogP contribution in [0.4, 0.5) is 11.4 Å². The minimum absolute atomic E-state index is 0.0680. The number of aromatic nitrogens is 3. The van der Waals surface area contributed by atoms with Crippen LogP contribution >= 0.6 is 11.6 Å². The van der Waals surface area contributed by atoms with Gasteiger partial charge in [-0.3, -0.25) is 14.9 Å². The Morgan fingerprint density at radius 3 is 2.85 bits per heavy atom. The van der Waals surface area contributed by atoms with Crippen LogP contribution in [0.5, 0.6) is 0 Å². The highest BCUT2D eigenvalue weighted by atomic mass is 35.5. The molecule has 0 unspecified atom stereocenters. The lowest BCUT2D eigenvalue weighted by Gasteiger charge is -2.08. The zero-order valence-electron chi connectivity index (χ0n) is 13.7. The molecular formula is C17H14ClN5O3. The zero-order valence-corrected chi connectivity index (χ0v) is 14.5. The Hall–Kier alpha value is -3.26. The van der Waals surface area contributed by atoms with Crippen LogP contribution in [0.1, 0.15) is 17.3 Å². The number of hydrogen-bond donors (Lipinski definition) is 1. The van der Waals surface area contributed by atoms with Crippen molar-refractivity contribution in [2.45, 2.75) is 13.5 Å². The van der Waals surface area contributed by atoms with E-state index in [1.165, 1.54) is 12.1 Å². The number of nitrogens with one attached hydrogen (secondary N) is 1. The summed E-state index contributed by atoms with van der Waals surface area (Å²) >= 11 is 5.78. The maximum Gasteiger partial charge on any atom is 0.283 e. The van der Waals surface area contributed by atoms with Gasteiger partial charge in [0, 0.05) is 28.9 Å². The van der Waals surface area contributed by atoms with E-state index in [1.807, 2.05) is 17.6 Å². The topological polar surface area (TPSA) is 103 Å². The lowest BCUT2D eigenvalue weighted by Crippen LogP contribution is -2.14. The maximum absolute atomic E-state index is 12.5. The summed E-state index contributed by atoms with van der Waals surface area (Å²) in [5.74, 6) is 0.0727. The zero-order chi connectivity index (χ0) is 18.7. The molecule has 1 heterocycles. The van der Waals surface area contributed by atoms with Crippen molar-refractivity contribution in [3.63, 3.8) is 0 Å². The molecule has 0 spiro atoms. The van der Waals surface area contributed by atoms with Gasteiger partial charge in [0.05, 0.1) is 4.92 Å². The molecule has 2 aromatic carbocycles. The molecule has 1 N–H and O–H groups in total. The minimum atomic E-state index is -0.638. The van der Waals surface area contributed by atoms with Gasteiger partial charge in [0.2, 0.25) is 0 Å². The number of nitro groups is 1. The number of carbonyl (C=O) groups excluding carboxylic acids is 1.